The maximum Gasteiger partial charge on any atom is 0.338 e. The Morgan fingerprint density at radius 1 is 0.700 bits per heavy atom. The van der Waals surface area contributed by atoms with Gasteiger partial charge in [0.05, 0.1) is 25.2 Å². The molecule has 2 N–H and O–H groups in total. The summed E-state index contributed by atoms with van der Waals surface area (Å²) in [4.78, 5) is 33.1. The Kier molecular flexibility index (Phi) is 7.57. The number of nitrogens with one attached hydrogen (secondary N) is 2. The lowest BCUT2D eigenvalue weighted by molar-refractivity contribution is -0.133. The number of benzene rings is 2. The molecule has 2 unspecified atom stereocenters. The molecule has 6 rings (SSSR count). The molecule has 0 bridgehead atoms. The number of nitrogens with zero attached hydrogens (tertiary/aromatic N) is 2. The van der Waals surface area contributed by atoms with Gasteiger partial charge in [-0.2, -0.15) is 0 Å². The van der Waals surface area contributed by atoms with E-state index in [9.17, 15) is 9.59 Å². The van der Waals surface area contributed by atoms with Gasteiger partial charge >= 0.3 is 11.9 Å². The van der Waals surface area contributed by atoms with Crippen LogP contribution in [-0.4, -0.2) is 49.2 Å². The average molecular weight is 537 g/mol. The summed E-state index contributed by atoms with van der Waals surface area (Å²) in [5.41, 5.74) is 8.00. The molecule has 0 saturated carbocycles. The third kappa shape index (κ3) is 6.39. The first kappa shape index (κ1) is 25.8. The molecule has 204 valence electrons. The highest BCUT2D eigenvalue weighted by Crippen LogP contribution is 2.28. The zero-order valence-electron chi connectivity index (χ0n) is 22.3. The first-order chi connectivity index (χ1) is 19.6. The summed E-state index contributed by atoms with van der Waals surface area (Å²) in [6.07, 6.45) is 12.3. The van der Waals surface area contributed by atoms with Crippen LogP contribution in [-0.2, 0) is 31.9 Å². The summed E-state index contributed by atoms with van der Waals surface area (Å²) in [6, 6.07) is 17.4. The van der Waals surface area contributed by atoms with Gasteiger partial charge in [-0.3, -0.25) is 0 Å². The highest BCUT2D eigenvalue weighted by molar-refractivity contribution is 6.00. The standard InChI is InChI=1S/C32H32N4O4/c37-29(39-31-33-19-27(35-31)17-21-9-11-23-5-1-3-7-25(23)15-21)13-14-30(38)40-32-34-20-28(36-32)18-22-10-12-24-6-2-4-8-26(24)16-22/h1-8,13-16,27-28H,9-12,17-20H2,(H,33,35)(H,34,36)/b14-13+. The van der Waals surface area contributed by atoms with E-state index in [1.54, 1.807) is 0 Å². The molecule has 2 heterocycles. The van der Waals surface area contributed by atoms with Gasteiger partial charge in [-0.1, -0.05) is 71.8 Å². The maximum atomic E-state index is 12.2. The third-order valence-electron chi connectivity index (χ3n) is 7.59. The van der Waals surface area contributed by atoms with Crippen molar-refractivity contribution in [3.63, 3.8) is 0 Å². The summed E-state index contributed by atoms with van der Waals surface area (Å²) in [7, 11) is 0. The van der Waals surface area contributed by atoms with Gasteiger partial charge in [0.25, 0.3) is 12.0 Å². The summed E-state index contributed by atoms with van der Waals surface area (Å²) in [5, 5.41) is 6.33. The van der Waals surface area contributed by atoms with Crippen LogP contribution in [0.4, 0.5) is 0 Å². The topological polar surface area (TPSA) is 101 Å². The normalized spacial score (nSPS) is 21.2. The van der Waals surface area contributed by atoms with E-state index in [-0.39, 0.29) is 24.1 Å². The number of amidine groups is 2. The van der Waals surface area contributed by atoms with Crippen molar-refractivity contribution in [1.29, 1.82) is 0 Å². The minimum atomic E-state index is -0.696. The van der Waals surface area contributed by atoms with E-state index in [0.29, 0.717) is 13.1 Å². The van der Waals surface area contributed by atoms with Crippen molar-refractivity contribution in [2.24, 2.45) is 9.98 Å². The number of aryl methyl sites for hydroxylation is 2. The Hall–Kier alpha value is -4.46. The Balaban J connectivity index is 0.913. The van der Waals surface area contributed by atoms with Gasteiger partial charge in [0, 0.05) is 12.2 Å². The molecule has 0 amide bonds. The predicted molar refractivity (Wildman–Crippen MR) is 154 cm³/mol. The maximum absolute atomic E-state index is 12.2. The second-order valence-electron chi connectivity index (χ2n) is 10.6. The molecule has 8 heteroatoms. The van der Waals surface area contributed by atoms with E-state index < -0.39 is 11.9 Å². The molecule has 8 nitrogen and oxygen atoms in total. The van der Waals surface area contributed by atoms with E-state index in [0.717, 1.165) is 50.7 Å². The van der Waals surface area contributed by atoms with Gasteiger partial charge in [0.2, 0.25) is 0 Å². The molecule has 2 aromatic rings. The van der Waals surface area contributed by atoms with Crippen molar-refractivity contribution in [3.05, 3.63) is 94.1 Å². The fraction of sp³-hybridized carbons (Fsp3) is 0.312. The van der Waals surface area contributed by atoms with Crippen molar-refractivity contribution in [2.45, 2.75) is 50.6 Å². The number of rotatable bonds is 6. The molecule has 4 aliphatic rings. The molecule has 2 aliphatic carbocycles. The van der Waals surface area contributed by atoms with E-state index >= 15 is 0 Å². The molecule has 0 aromatic heterocycles. The van der Waals surface area contributed by atoms with Gasteiger partial charge in [0.1, 0.15) is 0 Å². The monoisotopic (exact) mass is 536 g/mol. The second-order valence-corrected chi connectivity index (χ2v) is 10.6. The fourth-order valence-corrected chi connectivity index (χ4v) is 5.60. The van der Waals surface area contributed by atoms with Crippen LogP contribution in [0.1, 0.15) is 47.9 Å². The van der Waals surface area contributed by atoms with Crippen LogP contribution in [0.3, 0.4) is 0 Å². The zero-order chi connectivity index (χ0) is 27.3. The molecular formula is C32H32N4O4. The van der Waals surface area contributed by atoms with Crippen LogP contribution < -0.4 is 10.6 Å². The van der Waals surface area contributed by atoms with Gasteiger partial charge in [-0.15, -0.1) is 0 Å². The van der Waals surface area contributed by atoms with Crippen molar-refractivity contribution in [1.82, 2.24) is 10.6 Å². The van der Waals surface area contributed by atoms with Crippen LogP contribution in [0, 0.1) is 0 Å². The lowest BCUT2D eigenvalue weighted by Gasteiger charge is -2.19. The minimum absolute atomic E-state index is 0.0757. The molecule has 40 heavy (non-hydrogen) atoms. The van der Waals surface area contributed by atoms with E-state index in [2.05, 4.69) is 81.3 Å². The highest BCUT2D eigenvalue weighted by atomic mass is 16.6. The van der Waals surface area contributed by atoms with Crippen LogP contribution in [0.5, 0.6) is 0 Å². The summed E-state index contributed by atoms with van der Waals surface area (Å²) in [5.74, 6) is -1.39. The van der Waals surface area contributed by atoms with Gasteiger partial charge in [-0.25, -0.2) is 19.6 Å². The molecule has 2 atom stereocenters. The van der Waals surface area contributed by atoms with Crippen molar-refractivity contribution >= 4 is 36.1 Å². The number of carbonyl (C=O) groups excluding carboxylic acids is 2. The average Bonchev–Trinajstić information content (AvgIpc) is 3.60. The Labute approximate surface area is 233 Å². The molecule has 0 saturated heterocycles. The number of hydrogen-bond donors (Lipinski definition) is 2. The number of esters is 2. The molecule has 0 spiro atoms. The second kappa shape index (κ2) is 11.7. The summed E-state index contributed by atoms with van der Waals surface area (Å²) in [6.45, 7) is 1.06. The van der Waals surface area contributed by atoms with E-state index in [1.165, 1.54) is 33.4 Å². The summed E-state index contributed by atoms with van der Waals surface area (Å²) < 4.78 is 10.5. The Bertz CT molecular complexity index is 1360. The van der Waals surface area contributed by atoms with Crippen molar-refractivity contribution in [3.8, 4) is 0 Å². The van der Waals surface area contributed by atoms with Gasteiger partial charge in [-0.05, 0) is 60.8 Å². The number of aliphatic imine (C=N–C) groups is 2. The van der Waals surface area contributed by atoms with Crippen LogP contribution in [0.15, 0.2) is 81.8 Å². The molecule has 0 radical (unpaired) electrons. The Morgan fingerprint density at radius 2 is 1.15 bits per heavy atom. The molecule has 2 aromatic carbocycles. The predicted octanol–water partition coefficient (Wildman–Crippen LogP) is 4.12. The SMILES string of the molecule is O=C(/C=C/C(=O)OC1=NCC(CC2=Cc3ccccc3CC2)N1)OC1=NCC(CC2=Cc3ccccc3CC2)N1. The lowest BCUT2D eigenvalue weighted by atomic mass is 9.89. The first-order valence-corrected chi connectivity index (χ1v) is 13.9. The number of ether oxygens (including phenoxy) is 2. The van der Waals surface area contributed by atoms with E-state index in [1.807, 2.05) is 0 Å². The lowest BCUT2D eigenvalue weighted by Crippen LogP contribution is -2.33. The molecule has 2 aliphatic heterocycles. The van der Waals surface area contributed by atoms with Gasteiger partial charge < -0.3 is 20.1 Å². The third-order valence-corrected chi connectivity index (χ3v) is 7.59. The van der Waals surface area contributed by atoms with Crippen LogP contribution in [0.2, 0.25) is 0 Å². The summed E-state index contributed by atoms with van der Waals surface area (Å²) >= 11 is 0. The minimum Gasteiger partial charge on any atom is -0.389 e. The smallest absolute Gasteiger partial charge is 0.338 e. The number of hydrogen-bond acceptors (Lipinski definition) is 8. The number of carbonyl (C=O) groups is 2. The molecule has 0 fully saturated rings. The van der Waals surface area contributed by atoms with Crippen LogP contribution in [0.25, 0.3) is 12.2 Å². The van der Waals surface area contributed by atoms with Crippen molar-refractivity contribution in [2.75, 3.05) is 13.1 Å². The first-order valence-electron chi connectivity index (χ1n) is 13.9. The largest absolute Gasteiger partial charge is 0.389 e. The highest BCUT2D eigenvalue weighted by Gasteiger charge is 2.24. The van der Waals surface area contributed by atoms with Crippen LogP contribution >= 0.6 is 0 Å². The van der Waals surface area contributed by atoms with Gasteiger partial charge in [0.15, 0.2) is 0 Å². The van der Waals surface area contributed by atoms with E-state index in [4.69, 9.17) is 9.47 Å². The molecular weight excluding hydrogens is 504 g/mol. The fourth-order valence-electron chi connectivity index (χ4n) is 5.60. The Morgan fingerprint density at radius 3 is 1.62 bits per heavy atom. The zero-order valence-corrected chi connectivity index (χ0v) is 22.3. The quantitative estimate of drug-likeness (QED) is 0.426. The van der Waals surface area contributed by atoms with Crippen molar-refractivity contribution < 1.29 is 19.1 Å². The number of fused-ring (bicyclic) bond motifs is 2.